The molecular formula is C23H28N4O4. The van der Waals surface area contributed by atoms with E-state index in [9.17, 15) is 9.59 Å². The molecule has 0 radical (unpaired) electrons. The van der Waals surface area contributed by atoms with E-state index in [1.54, 1.807) is 26.1 Å². The molecule has 31 heavy (non-hydrogen) atoms. The van der Waals surface area contributed by atoms with E-state index in [4.69, 9.17) is 8.83 Å². The van der Waals surface area contributed by atoms with Gasteiger partial charge in [0.25, 0.3) is 11.8 Å². The Morgan fingerprint density at radius 1 is 1.32 bits per heavy atom. The molecule has 1 saturated carbocycles. The third-order valence-corrected chi connectivity index (χ3v) is 6.49. The smallest absolute Gasteiger partial charge is 0.291 e. The number of aliphatic imine (C=N–C) groups is 1. The maximum atomic E-state index is 12.7. The second-order valence-corrected chi connectivity index (χ2v) is 8.53. The van der Waals surface area contributed by atoms with Crippen LogP contribution in [0.2, 0.25) is 0 Å². The Labute approximate surface area is 181 Å². The van der Waals surface area contributed by atoms with Crippen LogP contribution in [-0.4, -0.2) is 47.5 Å². The van der Waals surface area contributed by atoms with Crippen LogP contribution in [0.4, 0.5) is 0 Å². The first-order chi connectivity index (χ1) is 14.8. The number of amides is 2. The highest BCUT2D eigenvalue weighted by molar-refractivity contribution is 5.93. The fraction of sp³-hybridized carbons (Fsp3) is 0.478. The third kappa shape index (κ3) is 4.19. The van der Waals surface area contributed by atoms with Gasteiger partial charge < -0.3 is 19.1 Å². The van der Waals surface area contributed by atoms with E-state index in [1.807, 2.05) is 11.8 Å². The van der Waals surface area contributed by atoms with Gasteiger partial charge in [0.05, 0.1) is 11.9 Å². The molecule has 0 bridgehead atoms. The lowest BCUT2D eigenvalue weighted by Gasteiger charge is -2.32. The molecule has 4 rings (SSSR count). The number of likely N-dealkylation sites (tertiary alicyclic amines) is 1. The Morgan fingerprint density at radius 2 is 2.06 bits per heavy atom. The number of aromatic nitrogens is 1. The summed E-state index contributed by atoms with van der Waals surface area (Å²) in [5.74, 6) is 1.84. The molecular weight excluding hydrogens is 396 g/mol. The van der Waals surface area contributed by atoms with Gasteiger partial charge in [0, 0.05) is 32.8 Å². The van der Waals surface area contributed by atoms with Crippen LogP contribution in [0.3, 0.4) is 0 Å². The average molecular weight is 425 g/mol. The molecule has 2 aliphatic rings. The molecule has 0 aromatic carbocycles. The summed E-state index contributed by atoms with van der Waals surface area (Å²) < 4.78 is 11.1. The Balaban J connectivity index is 1.28. The normalized spacial score (nSPS) is 19.7. The first-order valence-corrected chi connectivity index (χ1v) is 10.6. The van der Waals surface area contributed by atoms with Gasteiger partial charge in [-0.15, -0.1) is 0 Å². The standard InChI is InChI=1S/C23H28N4O4/c1-5-24-13-19-14(2)10-18(31-19)21(28)25-12-17-11-23(17)6-8-27(9-7-23)22(29)20-15(3)26-16(4)30-20/h5,10,13,17H,1,6-9,11-12H2,2-4H3,(H,25,28)/b24-13-. The number of aryl methyl sites for hydroxylation is 3. The second-order valence-electron chi connectivity index (χ2n) is 8.53. The fourth-order valence-corrected chi connectivity index (χ4v) is 4.52. The molecule has 2 aromatic heterocycles. The summed E-state index contributed by atoms with van der Waals surface area (Å²) in [7, 11) is 0. The van der Waals surface area contributed by atoms with Crippen molar-refractivity contribution in [3.63, 3.8) is 0 Å². The minimum atomic E-state index is -0.216. The van der Waals surface area contributed by atoms with E-state index in [0.717, 1.165) is 24.8 Å². The predicted octanol–water partition coefficient (Wildman–Crippen LogP) is 3.43. The summed E-state index contributed by atoms with van der Waals surface area (Å²) >= 11 is 0. The minimum Gasteiger partial charge on any atom is -0.450 e. The fourth-order valence-electron chi connectivity index (χ4n) is 4.52. The molecule has 2 aromatic rings. The van der Waals surface area contributed by atoms with Crippen molar-refractivity contribution in [2.45, 2.75) is 40.0 Å². The van der Waals surface area contributed by atoms with Crippen molar-refractivity contribution in [3.05, 3.63) is 53.3 Å². The monoisotopic (exact) mass is 424 g/mol. The summed E-state index contributed by atoms with van der Waals surface area (Å²) in [5.41, 5.74) is 1.71. The number of piperidine rings is 1. The summed E-state index contributed by atoms with van der Waals surface area (Å²) in [4.78, 5) is 35.2. The first-order valence-electron chi connectivity index (χ1n) is 10.6. The van der Waals surface area contributed by atoms with Gasteiger partial charge in [-0.1, -0.05) is 6.58 Å². The van der Waals surface area contributed by atoms with Crippen molar-refractivity contribution in [1.29, 1.82) is 0 Å². The van der Waals surface area contributed by atoms with Gasteiger partial charge in [-0.05, 0) is 56.1 Å². The molecule has 8 heteroatoms. The average Bonchev–Trinajstić information content (AvgIpc) is 3.07. The van der Waals surface area contributed by atoms with E-state index in [1.165, 1.54) is 6.20 Å². The zero-order valence-corrected chi connectivity index (χ0v) is 18.2. The quantitative estimate of drug-likeness (QED) is 0.716. The number of furan rings is 1. The summed E-state index contributed by atoms with van der Waals surface area (Å²) in [6, 6.07) is 1.72. The van der Waals surface area contributed by atoms with Crippen molar-refractivity contribution < 1.29 is 18.4 Å². The van der Waals surface area contributed by atoms with Crippen LogP contribution in [0, 0.1) is 32.1 Å². The molecule has 3 heterocycles. The zero-order chi connectivity index (χ0) is 22.2. The van der Waals surface area contributed by atoms with Crippen LogP contribution in [0.15, 0.2) is 32.7 Å². The molecule has 2 amide bonds. The Morgan fingerprint density at radius 3 is 2.71 bits per heavy atom. The van der Waals surface area contributed by atoms with Crippen LogP contribution in [0.5, 0.6) is 0 Å². The van der Waals surface area contributed by atoms with Crippen LogP contribution >= 0.6 is 0 Å². The van der Waals surface area contributed by atoms with E-state index in [-0.39, 0.29) is 23.0 Å². The summed E-state index contributed by atoms with van der Waals surface area (Å²) in [6.45, 7) is 11.0. The van der Waals surface area contributed by atoms with Crippen molar-refractivity contribution in [2.75, 3.05) is 19.6 Å². The summed E-state index contributed by atoms with van der Waals surface area (Å²) in [6.07, 6.45) is 5.91. The van der Waals surface area contributed by atoms with Gasteiger partial charge in [0.2, 0.25) is 5.76 Å². The minimum absolute atomic E-state index is 0.0811. The van der Waals surface area contributed by atoms with E-state index in [2.05, 4.69) is 21.9 Å². The van der Waals surface area contributed by atoms with Gasteiger partial charge in [0.1, 0.15) is 5.76 Å². The maximum absolute atomic E-state index is 12.7. The van der Waals surface area contributed by atoms with Crippen LogP contribution in [0.1, 0.15) is 63.3 Å². The molecule has 1 aliphatic heterocycles. The molecule has 1 unspecified atom stereocenters. The molecule has 1 spiro atoms. The summed E-state index contributed by atoms with van der Waals surface area (Å²) in [5, 5.41) is 3.00. The zero-order valence-electron chi connectivity index (χ0n) is 18.2. The SMILES string of the molecule is C=C/N=C\c1oc(C(=O)NCC2CC23CCN(C(=O)c2oc(C)nc2C)CC3)cc1C. The Kier molecular flexibility index (Phi) is 5.56. The van der Waals surface area contributed by atoms with Gasteiger partial charge >= 0.3 is 0 Å². The molecule has 164 valence electrons. The van der Waals surface area contributed by atoms with Crippen LogP contribution in [0.25, 0.3) is 0 Å². The van der Waals surface area contributed by atoms with Crippen LogP contribution < -0.4 is 5.32 Å². The molecule has 1 aliphatic carbocycles. The van der Waals surface area contributed by atoms with Crippen molar-refractivity contribution in [1.82, 2.24) is 15.2 Å². The number of hydrogen-bond donors (Lipinski definition) is 1. The first kappa shape index (κ1) is 21.1. The largest absolute Gasteiger partial charge is 0.450 e. The van der Waals surface area contributed by atoms with E-state index >= 15 is 0 Å². The van der Waals surface area contributed by atoms with Gasteiger partial charge in [0.15, 0.2) is 11.7 Å². The topological polar surface area (TPSA) is 101 Å². The number of carbonyl (C=O) groups excluding carboxylic acids is 2. The molecule has 1 N–H and O–H groups in total. The molecule has 8 nitrogen and oxygen atoms in total. The number of carbonyl (C=O) groups is 2. The lowest BCUT2D eigenvalue weighted by atomic mass is 9.90. The molecule has 1 atom stereocenters. The van der Waals surface area contributed by atoms with Crippen molar-refractivity contribution >= 4 is 18.0 Å². The number of oxazole rings is 1. The highest BCUT2D eigenvalue weighted by Gasteiger charge is 2.55. The Bertz CT molecular complexity index is 1040. The van der Waals surface area contributed by atoms with Gasteiger partial charge in [-0.3, -0.25) is 14.6 Å². The van der Waals surface area contributed by atoms with Crippen molar-refractivity contribution in [3.8, 4) is 0 Å². The highest BCUT2D eigenvalue weighted by atomic mass is 16.4. The lowest BCUT2D eigenvalue weighted by molar-refractivity contribution is 0.0634. The Hall–Kier alpha value is -3.16. The molecule has 1 saturated heterocycles. The van der Waals surface area contributed by atoms with E-state index < -0.39 is 0 Å². The number of rotatable bonds is 6. The number of nitrogens with one attached hydrogen (secondary N) is 1. The molecule has 2 fully saturated rings. The van der Waals surface area contributed by atoms with Crippen molar-refractivity contribution in [2.24, 2.45) is 16.3 Å². The lowest BCUT2D eigenvalue weighted by Crippen LogP contribution is -2.40. The van der Waals surface area contributed by atoms with Crippen LogP contribution in [-0.2, 0) is 0 Å². The second kappa shape index (κ2) is 8.17. The predicted molar refractivity (Wildman–Crippen MR) is 115 cm³/mol. The number of hydrogen-bond acceptors (Lipinski definition) is 6. The maximum Gasteiger partial charge on any atom is 0.291 e. The number of nitrogens with zero attached hydrogens (tertiary/aromatic N) is 3. The highest BCUT2D eigenvalue weighted by Crippen LogP contribution is 2.59. The van der Waals surface area contributed by atoms with Gasteiger partial charge in [-0.2, -0.15) is 0 Å². The third-order valence-electron chi connectivity index (χ3n) is 6.49. The van der Waals surface area contributed by atoms with E-state index in [0.29, 0.717) is 48.7 Å². The van der Waals surface area contributed by atoms with Gasteiger partial charge in [-0.25, -0.2) is 4.98 Å².